The Kier molecular flexibility index (Phi) is 4.41. The average molecular weight is 349 g/mol. The Bertz CT molecular complexity index is 840. The minimum absolute atomic E-state index is 0.215. The first-order chi connectivity index (χ1) is 11.1. The van der Waals surface area contributed by atoms with Crippen molar-refractivity contribution in [3.63, 3.8) is 0 Å². The second-order valence-electron chi connectivity index (χ2n) is 5.01. The van der Waals surface area contributed by atoms with Crippen LogP contribution in [0.2, 0.25) is 10.0 Å². The number of carbonyl (C=O) groups is 1. The molecule has 5 nitrogen and oxygen atoms in total. The van der Waals surface area contributed by atoms with Crippen LogP contribution in [-0.4, -0.2) is 20.3 Å². The number of nitrogens with one attached hydrogen (secondary N) is 1. The van der Waals surface area contributed by atoms with Crippen molar-refractivity contribution in [3.05, 3.63) is 70.1 Å². The largest absolute Gasteiger partial charge is 0.348 e. The first kappa shape index (κ1) is 15.6. The van der Waals surface area contributed by atoms with Crippen molar-refractivity contribution in [1.29, 1.82) is 0 Å². The van der Waals surface area contributed by atoms with Crippen molar-refractivity contribution in [2.45, 2.75) is 6.54 Å². The van der Waals surface area contributed by atoms with Crippen LogP contribution < -0.4 is 5.32 Å². The number of carbonyl (C=O) groups excluding carboxylic acids is 1. The van der Waals surface area contributed by atoms with E-state index in [-0.39, 0.29) is 5.91 Å². The summed E-state index contributed by atoms with van der Waals surface area (Å²) in [6, 6.07) is 8.97. The predicted molar refractivity (Wildman–Crippen MR) is 90.2 cm³/mol. The van der Waals surface area contributed by atoms with Gasteiger partial charge in [-0.15, -0.1) is 0 Å². The molecule has 3 rings (SSSR count). The summed E-state index contributed by atoms with van der Waals surface area (Å²) in [4.78, 5) is 12.5. The molecule has 23 heavy (non-hydrogen) atoms. The molecule has 0 aliphatic carbocycles. The summed E-state index contributed by atoms with van der Waals surface area (Å²) in [6.45, 7) is 0.314. The molecule has 0 spiro atoms. The van der Waals surface area contributed by atoms with Crippen LogP contribution in [0, 0.1) is 0 Å². The highest BCUT2D eigenvalue weighted by atomic mass is 35.5. The standard InChI is InChI=1S/C16H14Cl2N4O/c1-21-16(22-6-2-3-7-22)13(10-20-21)15(23)19-9-11-4-5-12(17)8-14(11)18/h2-8,10H,9H2,1H3,(H,19,23). The van der Waals surface area contributed by atoms with Crippen molar-refractivity contribution in [2.75, 3.05) is 0 Å². The van der Waals surface area contributed by atoms with E-state index in [4.69, 9.17) is 23.2 Å². The summed E-state index contributed by atoms with van der Waals surface area (Å²) < 4.78 is 3.50. The fourth-order valence-corrected chi connectivity index (χ4v) is 2.78. The van der Waals surface area contributed by atoms with Crippen molar-refractivity contribution >= 4 is 29.1 Å². The molecule has 3 aromatic rings. The van der Waals surface area contributed by atoms with Gasteiger partial charge in [0.05, 0.1) is 6.20 Å². The van der Waals surface area contributed by atoms with Crippen molar-refractivity contribution in [2.24, 2.45) is 7.05 Å². The molecular weight excluding hydrogens is 335 g/mol. The summed E-state index contributed by atoms with van der Waals surface area (Å²) in [5.74, 6) is 0.488. The third-order valence-electron chi connectivity index (χ3n) is 3.46. The van der Waals surface area contributed by atoms with Gasteiger partial charge in [-0.3, -0.25) is 9.48 Å². The van der Waals surface area contributed by atoms with Gasteiger partial charge in [0.15, 0.2) is 0 Å². The molecule has 0 saturated carbocycles. The molecule has 118 valence electrons. The number of amides is 1. The van der Waals surface area contributed by atoms with Crippen molar-refractivity contribution < 1.29 is 4.79 Å². The summed E-state index contributed by atoms with van der Waals surface area (Å²) in [6.07, 6.45) is 5.28. The highest BCUT2D eigenvalue weighted by Gasteiger charge is 2.17. The number of rotatable bonds is 4. The molecule has 0 atom stereocenters. The Morgan fingerprint density at radius 1 is 1.26 bits per heavy atom. The summed E-state index contributed by atoms with van der Waals surface area (Å²) in [7, 11) is 1.79. The third kappa shape index (κ3) is 3.25. The Hall–Kier alpha value is -2.24. The fraction of sp³-hybridized carbons (Fsp3) is 0.125. The highest BCUT2D eigenvalue weighted by Crippen LogP contribution is 2.21. The Morgan fingerprint density at radius 2 is 2.00 bits per heavy atom. The SMILES string of the molecule is Cn1ncc(C(=O)NCc2ccc(Cl)cc2Cl)c1-n1cccc1. The Labute approximate surface area is 143 Å². The zero-order chi connectivity index (χ0) is 16.4. The maximum absolute atomic E-state index is 12.5. The first-order valence-electron chi connectivity index (χ1n) is 6.93. The molecule has 0 aliphatic heterocycles. The van der Waals surface area contributed by atoms with E-state index in [1.54, 1.807) is 36.1 Å². The minimum atomic E-state index is -0.215. The smallest absolute Gasteiger partial charge is 0.256 e. The third-order valence-corrected chi connectivity index (χ3v) is 4.04. The van der Waals surface area contributed by atoms with Crippen LogP contribution in [-0.2, 0) is 13.6 Å². The van der Waals surface area contributed by atoms with Crippen molar-refractivity contribution in [3.8, 4) is 5.82 Å². The monoisotopic (exact) mass is 348 g/mol. The molecule has 0 fully saturated rings. The molecule has 2 heterocycles. The lowest BCUT2D eigenvalue weighted by molar-refractivity contribution is 0.0951. The van der Waals surface area contributed by atoms with Crippen LogP contribution in [0.25, 0.3) is 5.82 Å². The number of aryl methyl sites for hydroxylation is 1. The molecule has 7 heteroatoms. The number of hydrogen-bond acceptors (Lipinski definition) is 2. The van der Waals surface area contributed by atoms with E-state index >= 15 is 0 Å². The van der Waals surface area contributed by atoms with Gasteiger partial charge in [0.1, 0.15) is 11.4 Å². The summed E-state index contributed by atoms with van der Waals surface area (Å²) in [5.41, 5.74) is 1.30. The maximum atomic E-state index is 12.5. The lowest BCUT2D eigenvalue weighted by atomic mass is 10.2. The van der Waals surface area contributed by atoms with Gasteiger partial charge in [-0.25, -0.2) is 0 Å². The van der Waals surface area contributed by atoms with Crippen molar-refractivity contribution in [1.82, 2.24) is 19.7 Å². The van der Waals surface area contributed by atoms with Crippen LogP contribution in [0.15, 0.2) is 48.9 Å². The topological polar surface area (TPSA) is 51.9 Å². The van der Waals surface area contributed by atoms with E-state index in [2.05, 4.69) is 10.4 Å². The zero-order valence-corrected chi connectivity index (χ0v) is 13.8. The van der Waals surface area contributed by atoms with E-state index in [0.717, 1.165) is 5.56 Å². The van der Waals surface area contributed by atoms with Gasteiger partial charge in [-0.1, -0.05) is 29.3 Å². The predicted octanol–water partition coefficient (Wildman–Crippen LogP) is 3.45. The first-order valence-corrected chi connectivity index (χ1v) is 7.69. The Morgan fingerprint density at radius 3 is 2.70 bits per heavy atom. The molecule has 0 unspecified atom stereocenters. The van der Waals surface area contributed by atoms with Crippen LogP contribution >= 0.6 is 23.2 Å². The van der Waals surface area contributed by atoms with E-state index in [9.17, 15) is 4.79 Å². The Balaban J connectivity index is 1.79. The molecule has 1 N–H and O–H groups in total. The van der Waals surface area contributed by atoms with E-state index in [1.807, 2.05) is 29.1 Å². The lowest BCUT2D eigenvalue weighted by Crippen LogP contribution is -2.24. The maximum Gasteiger partial charge on any atom is 0.256 e. The zero-order valence-electron chi connectivity index (χ0n) is 12.3. The van der Waals surface area contributed by atoms with Gasteiger partial charge < -0.3 is 9.88 Å². The quantitative estimate of drug-likeness (QED) is 0.784. The minimum Gasteiger partial charge on any atom is -0.348 e. The lowest BCUT2D eigenvalue weighted by Gasteiger charge is -2.09. The highest BCUT2D eigenvalue weighted by molar-refractivity contribution is 6.35. The van der Waals surface area contributed by atoms with E-state index < -0.39 is 0 Å². The van der Waals surface area contributed by atoms with Crippen LogP contribution in [0.1, 0.15) is 15.9 Å². The molecule has 0 saturated heterocycles. The average Bonchev–Trinajstić information content (AvgIpc) is 3.15. The molecule has 2 aromatic heterocycles. The molecule has 1 amide bonds. The van der Waals surface area contributed by atoms with Crippen LogP contribution in [0.5, 0.6) is 0 Å². The van der Waals surface area contributed by atoms with Gasteiger partial charge in [0, 0.05) is 36.0 Å². The van der Waals surface area contributed by atoms with E-state index in [1.165, 1.54) is 0 Å². The van der Waals surface area contributed by atoms with Crippen LogP contribution in [0.3, 0.4) is 0 Å². The number of benzene rings is 1. The molecule has 0 bridgehead atoms. The second-order valence-corrected chi connectivity index (χ2v) is 5.86. The number of halogens is 2. The summed E-state index contributed by atoms with van der Waals surface area (Å²) >= 11 is 12.0. The molecule has 1 aromatic carbocycles. The summed E-state index contributed by atoms with van der Waals surface area (Å²) in [5, 5.41) is 8.11. The van der Waals surface area contributed by atoms with Gasteiger partial charge in [-0.2, -0.15) is 5.10 Å². The van der Waals surface area contributed by atoms with Gasteiger partial charge in [0.2, 0.25) is 0 Å². The molecule has 0 aliphatic rings. The van der Waals surface area contributed by atoms with Crippen LogP contribution in [0.4, 0.5) is 0 Å². The molecular formula is C16H14Cl2N4O. The molecule has 0 radical (unpaired) electrons. The fourth-order valence-electron chi connectivity index (χ4n) is 2.31. The number of nitrogens with zero attached hydrogens (tertiary/aromatic N) is 3. The second kappa shape index (κ2) is 6.48. The van der Waals surface area contributed by atoms with Gasteiger partial charge in [0.25, 0.3) is 5.91 Å². The van der Waals surface area contributed by atoms with E-state index in [0.29, 0.717) is 28.0 Å². The van der Waals surface area contributed by atoms with Gasteiger partial charge >= 0.3 is 0 Å². The number of hydrogen-bond donors (Lipinski definition) is 1. The van der Waals surface area contributed by atoms with Gasteiger partial charge in [-0.05, 0) is 29.8 Å². The number of aromatic nitrogens is 3. The normalized spacial score (nSPS) is 10.7.